The Bertz CT molecular complexity index is 639. The number of carbonyl (C=O) groups is 1. The molecular formula is C17H16BrNO2. The lowest BCUT2D eigenvalue weighted by atomic mass is 9.94. The Hall–Kier alpha value is -1.65. The zero-order valence-corrected chi connectivity index (χ0v) is 13.1. The van der Waals surface area contributed by atoms with Gasteiger partial charge >= 0.3 is 5.97 Å². The van der Waals surface area contributed by atoms with Crippen LogP contribution in [-0.2, 0) is 22.6 Å². The summed E-state index contributed by atoms with van der Waals surface area (Å²) in [5, 5.41) is 3.24. The van der Waals surface area contributed by atoms with Gasteiger partial charge < -0.3 is 10.1 Å². The smallest absolute Gasteiger partial charge is 0.328 e. The van der Waals surface area contributed by atoms with Gasteiger partial charge in [-0.1, -0.05) is 52.3 Å². The zero-order chi connectivity index (χ0) is 14.7. The van der Waals surface area contributed by atoms with Crippen LogP contribution in [0.1, 0.15) is 22.7 Å². The molecule has 0 fully saturated rings. The Morgan fingerprint density at radius 2 is 1.95 bits per heavy atom. The van der Waals surface area contributed by atoms with Gasteiger partial charge in [-0.15, -0.1) is 0 Å². The molecule has 0 saturated heterocycles. The second-order valence-corrected chi connectivity index (χ2v) is 5.99. The number of halogens is 1. The van der Waals surface area contributed by atoms with Gasteiger partial charge in [0.2, 0.25) is 0 Å². The van der Waals surface area contributed by atoms with Gasteiger partial charge in [0.1, 0.15) is 12.6 Å². The molecular weight excluding hydrogens is 330 g/mol. The number of fused-ring (bicyclic) bond motifs is 1. The molecule has 2 aromatic carbocycles. The Balaban J connectivity index is 1.68. The van der Waals surface area contributed by atoms with Gasteiger partial charge in [-0.05, 0) is 35.2 Å². The summed E-state index contributed by atoms with van der Waals surface area (Å²) in [6.07, 6.45) is 0.951. The van der Waals surface area contributed by atoms with Crippen LogP contribution >= 0.6 is 15.9 Å². The minimum atomic E-state index is -0.356. The van der Waals surface area contributed by atoms with Crippen molar-refractivity contribution in [3.63, 3.8) is 0 Å². The molecule has 1 N–H and O–H groups in total. The summed E-state index contributed by atoms with van der Waals surface area (Å²) in [6, 6.07) is 15.5. The van der Waals surface area contributed by atoms with E-state index in [1.165, 1.54) is 5.56 Å². The molecule has 1 aliphatic rings. The normalized spacial score (nSPS) is 17.1. The first-order valence-electron chi connectivity index (χ1n) is 6.96. The topological polar surface area (TPSA) is 38.3 Å². The lowest BCUT2D eigenvalue weighted by molar-refractivity contribution is -0.147. The number of rotatable bonds is 3. The first kappa shape index (κ1) is 14.3. The maximum absolute atomic E-state index is 12.3. The average Bonchev–Trinajstić information content (AvgIpc) is 2.53. The number of benzene rings is 2. The summed E-state index contributed by atoms with van der Waals surface area (Å²) in [4.78, 5) is 12.3. The minimum Gasteiger partial charge on any atom is -0.459 e. The predicted octanol–water partition coefficient (Wildman–Crippen LogP) is 3.38. The summed E-state index contributed by atoms with van der Waals surface area (Å²) in [5.74, 6) is -0.218. The maximum atomic E-state index is 12.3. The molecule has 1 unspecified atom stereocenters. The summed E-state index contributed by atoms with van der Waals surface area (Å²) in [7, 11) is 0. The van der Waals surface area contributed by atoms with E-state index in [1.54, 1.807) is 0 Å². The molecule has 0 aliphatic carbocycles. The monoisotopic (exact) mass is 345 g/mol. The van der Waals surface area contributed by atoms with Crippen molar-refractivity contribution in [2.24, 2.45) is 0 Å². The van der Waals surface area contributed by atoms with Crippen LogP contribution in [0, 0.1) is 0 Å². The highest BCUT2D eigenvalue weighted by Crippen LogP contribution is 2.24. The number of nitrogens with one attached hydrogen (secondary N) is 1. The summed E-state index contributed by atoms with van der Waals surface area (Å²) in [5.41, 5.74) is 3.24. The second kappa shape index (κ2) is 6.41. The molecule has 1 heterocycles. The number of esters is 1. The first-order chi connectivity index (χ1) is 10.2. The van der Waals surface area contributed by atoms with E-state index in [-0.39, 0.29) is 12.0 Å². The third-order valence-corrected chi connectivity index (χ3v) is 4.17. The van der Waals surface area contributed by atoms with Crippen molar-refractivity contribution in [1.82, 2.24) is 5.32 Å². The molecule has 0 saturated carbocycles. The van der Waals surface area contributed by atoms with Crippen molar-refractivity contribution in [1.29, 1.82) is 0 Å². The Kier molecular flexibility index (Phi) is 4.36. The average molecular weight is 346 g/mol. The van der Waals surface area contributed by atoms with Crippen LogP contribution in [0.3, 0.4) is 0 Å². The minimum absolute atomic E-state index is 0.218. The van der Waals surface area contributed by atoms with E-state index in [4.69, 9.17) is 4.74 Å². The van der Waals surface area contributed by atoms with E-state index in [9.17, 15) is 4.79 Å². The van der Waals surface area contributed by atoms with Crippen molar-refractivity contribution in [2.75, 3.05) is 6.54 Å². The third kappa shape index (κ3) is 3.34. The molecule has 0 radical (unpaired) electrons. The summed E-state index contributed by atoms with van der Waals surface area (Å²) in [6.45, 7) is 1.10. The van der Waals surface area contributed by atoms with Crippen LogP contribution < -0.4 is 5.32 Å². The van der Waals surface area contributed by atoms with Gasteiger partial charge in [0.05, 0.1) is 0 Å². The molecule has 2 aromatic rings. The third-order valence-electron chi connectivity index (χ3n) is 3.64. The lowest BCUT2D eigenvalue weighted by Crippen LogP contribution is -2.36. The van der Waals surface area contributed by atoms with Crippen molar-refractivity contribution < 1.29 is 9.53 Å². The SMILES string of the molecule is O=C(OCc1ccc(Br)cc1)C1NCCc2ccccc21. The van der Waals surface area contributed by atoms with Gasteiger partial charge in [-0.3, -0.25) is 0 Å². The highest BCUT2D eigenvalue weighted by Gasteiger charge is 2.26. The molecule has 3 rings (SSSR count). The van der Waals surface area contributed by atoms with E-state index >= 15 is 0 Å². The molecule has 0 bridgehead atoms. The van der Waals surface area contributed by atoms with Crippen LogP contribution in [0.5, 0.6) is 0 Å². The number of hydrogen-bond acceptors (Lipinski definition) is 3. The van der Waals surface area contributed by atoms with E-state index in [1.807, 2.05) is 42.5 Å². The Morgan fingerprint density at radius 3 is 2.76 bits per heavy atom. The van der Waals surface area contributed by atoms with Crippen LogP contribution in [0.25, 0.3) is 0 Å². The highest BCUT2D eigenvalue weighted by atomic mass is 79.9. The standard InChI is InChI=1S/C17H16BrNO2/c18-14-7-5-12(6-8-14)11-21-17(20)16-15-4-2-1-3-13(15)9-10-19-16/h1-8,16,19H,9-11H2. The summed E-state index contributed by atoms with van der Waals surface area (Å²) >= 11 is 3.39. The number of ether oxygens (including phenoxy) is 1. The Labute approximate surface area is 132 Å². The number of carbonyl (C=O) groups excluding carboxylic acids is 1. The molecule has 3 nitrogen and oxygen atoms in total. The molecule has 0 aromatic heterocycles. The zero-order valence-electron chi connectivity index (χ0n) is 11.5. The van der Waals surface area contributed by atoms with Gasteiger partial charge in [0.25, 0.3) is 0 Å². The first-order valence-corrected chi connectivity index (χ1v) is 7.75. The molecule has 4 heteroatoms. The maximum Gasteiger partial charge on any atom is 0.328 e. The molecule has 108 valence electrons. The molecule has 1 aliphatic heterocycles. The fourth-order valence-corrected chi connectivity index (χ4v) is 2.80. The van der Waals surface area contributed by atoms with Crippen LogP contribution in [0.15, 0.2) is 53.0 Å². The van der Waals surface area contributed by atoms with Gasteiger partial charge in [-0.25, -0.2) is 4.79 Å². The largest absolute Gasteiger partial charge is 0.459 e. The molecule has 1 atom stereocenters. The van der Waals surface area contributed by atoms with Crippen molar-refractivity contribution >= 4 is 21.9 Å². The van der Waals surface area contributed by atoms with E-state index in [0.717, 1.165) is 28.6 Å². The van der Waals surface area contributed by atoms with Crippen molar-refractivity contribution in [3.05, 3.63) is 69.7 Å². The molecule has 0 amide bonds. The fourth-order valence-electron chi connectivity index (χ4n) is 2.53. The van der Waals surface area contributed by atoms with Crippen LogP contribution in [0.4, 0.5) is 0 Å². The quantitative estimate of drug-likeness (QED) is 0.866. The van der Waals surface area contributed by atoms with Gasteiger partial charge in [0, 0.05) is 11.0 Å². The highest BCUT2D eigenvalue weighted by molar-refractivity contribution is 9.10. The van der Waals surface area contributed by atoms with Crippen LogP contribution in [-0.4, -0.2) is 12.5 Å². The molecule has 0 spiro atoms. The predicted molar refractivity (Wildman–Crippen MR) is 84.8 cm³/mol. The fraction of sp³-hybridized carbons (Fsp3) is 0.235. The van der Waals surface area contributed by atoms with E-state index < -0.39 is 0 Å². The van der Waals surface area contributed by atoms with E-state index in [2.05, 4.69) is 27.3 Å². The van der Waals surface area contributed by atoms with E-state index in [0.29, 0.717) is 6.61 Å². The van der Waals surface area contributed by atoms with Gasteiger partial charge in [0.15, 0.2) is 0 Å². The molecule has 21 heavy (non-hydrogen) atoms. The van der Waals surface area contributed by atoms with Crippen LogP contribution in [0.2, 0.25) is 0 Å². The van der Waals surface area contributed by atoms with Crippen molar-refractivity contribution in [3.8, 4) is 0 Å². The second-order valence-electron chi connectivity index (χ2n) is 5.07. The number of hydrogen-bond donors (Lipinski definition) is 1. The Morgan fingerprint density at radius 1 is 1.19 bits per heavy atom. The lowest BCUT2D eigenvalue weighted by Gasteiger charge is -2.25. The summed E-state index contributed by atoms with van der Waals surface area (Å²) < 4.78 is 6.46. The van der Waals surface area contributed by atoms with Crippen molar-refractivity contribution in [2.45, 2.75) is 19.1 Å². The van der Waals surface area contributed by atoms with Gasteiger partial charge in [-0.2, -0.15) is 0 Å².